The summed E-state index contributed by atoms with van der Waals surface area (Å²) in [7, 11) is 1.51. The average Bonchev–Trinajstić information content (AvgIpc) is 2.46. The second-order valence-corrected chi connectivity index (χ2v) is 4.42. The summed E-state index contributed by atoms with van der Waals surface area (Å²) in [5, 5.41) is 0. The number of carbonyl (C=O) groups is 1. The van der Waals surface area contributed by atoms with E-state index in [1.165, 1.54) is 7.11 Å². The molecule has 0 amide bonds. The van der Waals surface area contributed by atoms with Gasteiger partial charge in [0.1, 0.15) is 12.4 Å². The van der Waals surface area contributed by atoms with E-state index in [4.69, 9.17) is 15.2 Å². The van der Waals surface area contributed by atoms with E-state index in [9.17, 15) is 4.79 Å². The van der Waals surface area contributed by atoms with Crippen LogP contribution in [0.5, 0.6) is 5.75 Å². The number of anilines is 1. The fourth-order valence-electron chi connectivity index (χ4n) is 1.89. The van der Waals surface area contributed by atoms with Crippen LogP contribution in [-0.4, -0.2) is 13.1 Å². The molecule has 0 atom stereocenters. The molecule has 0 heterocycles. The second-order valence-electron chi connectivity index (χ2n) is 4.42. The van der Waals surface area contributed by atoms with Gasteiger partial charge >= 0.3 is 5.97 Å². The number of ether oxygens (including phenoxy) is 2. The van der Waals surface area contributed by atoms with Crippen molar-refractivity contribution < 1.29 is 14.3 Å². The molecular formula is C16H17NO3. The highest BCUT2D eigenvalue weighted by Gasteiger charge is 2.14. The number of benzene rings is 2. The molecule has 2 aromatic carbocycles. The minimum Gasteiger partial charge on any atom is -0.495 e. The van der Waals surface area contributed by atoms with Gasteiger partial charge in [-0.15, -0.1) is 0 Å². The van der Waals surface area contributed by atoms with Crippen molar-refractivity contribution in [3.63, 3.8) is 0 Å². The van der Waals surface area contributed by atoms with Crippen LogP contribution < -0.4 is 10.5 Å². The Hall–Kier alpha value is -2.49. The standard InChI is InChI=1S/C16H17NO3/c1-11-6-3-4-7-12(11)10-20-16(18)13-8-5-9-14(19-2)15(13)17/h3-9H,10,17H2,1-2H3. The van der Waals surface area contributed by atoms with Gasteiger partial charge < -0.3 is 15.2 Å². The van der Waals surface area contributed by atoms with Gasteiger partial charge in [0.25, 0.3) is 0 Å². The summed E-state index contributed by atoms with van der Waals surface area (Å²) in [6.45, 7) is 2.20. The van der Waals surface area contributed by atoms with Gasteiger partial charge in [-0.05, 0) is 30.2 Å². The molecule has 0 radical (unpaired) electrons. The molecule has 0 spiro atoms. The van der Waals surface area contributed by atoms with Crippen molar-refractivity contribution in [1.29, 1.82) is 0 Å². The summed E-state index contributed by atoms with van der Waals surface area (Å²) in [5.41, 5.74) is 8.54. The molecule has 0 aliphatic heterocycles. The molecule has 4 nitrogen and oxygen atoms in total. The zero-order valence-corrected chi connectivity index (χ0v) is 11.6. The van der Waals surface area contributed by atoms with Crippen LogP contribution in [0.4, 0.5) is 5.69 Å². The quantitative estimate of drug-likeness (QED) is 0.686. The van der Waals surface area contributed by atoms with Crippen molar-refractivity contribution in [2.24, 2.45) is 0 Å². The van der Waals surface area contributed by atoms with E-state index in [0.29, 0.717) is 17.0 Å². The van der Waals surface area contributed by atoms with Crippen molar-refractivity contribution in [3.8, 4) is 5.75 Å². The van der Waals surface area contributed by atoms with Crippen LogP contribution in [-0.2, 0) is 11.3 Å². The second kappa shape index (κ2) is 6.10. The van der Waals surface area contributed by atoms with Crippen LogP contribution in [0, 0.1) is 6.92 Å². The van der Waals surface area contributed by atoms with Gasteiger partial charge in [0, 0.05) is 0 Å². The van der Waals surface area contributed by atoms with Crippen molar-refractivity contribution >= 4 is 11.7 Å². The molecule has 0 fully saturated rings. The van der Waals surface area contributed by atoms with Gasteiger partial charge in [0.15, 0.2) is 0 Å². The number of esters is 1. The lowest BCUT2D eigenvalue weighted by Crippen LogP contribution is -2.09. The average molecular weight is 271 g/mol. The number of carbonyl (C=O) groups excluding carboxylic acids is 1. The minimum atomic E-state index is -0.454. The lowest BCUT2D eigenvalue weighted by atomic mass is 10.1. The zero-order valence-electron chi connectivity index (χ0n) is 11.6. The third-order valence-electron chi connectivity index (χ3n) is 3.13. The number of hydrogen-bond acceptors (Lipinski definition) is 4. The molecule has 2 aromatic rings. The number of nitrogen functional groups attached to an aromatic ring is 1. The summed E-state index contributed by atoms with van der Waals surface area (Å²) in [6.07, 6.45) is 0. The van der Waals surface area contributed by atoms with Crippen LogP contribution in [0.15, 0.2) is 42.5 Å². The van der Waals surface area contributed by atoms with Crippen molar-refractivity contribution in [2.75, 3.05) is 12.8 Å². The monoisotopic (exact) mass is 271 g/mol. The van der Waals surface area contributed by atoms with Crippen LogP contribution in [0.2, 0.25) is 0 Å². The fourth-order valence-corrected chi connectivity index (χ4v) is 1.89. The SMILES string of the molecule is COc1cccc(C(=O)OCc2ccccc2C)c1N. The molecule has 0 saturated heterocycles. The van der Waals surface area contributed by atoms with Gasteiger partial charge in [-0.1, -0.05) is 30.3 Å². The summed E-state index contributed by atoms with van der Waals surface area (Å²) in [4.78, 5) is 12.1. The van der Waals surface area contributed by atoms with E-state index >= 15 is 0 Å². The van der Waals surface area contributed by atoms with E-state index in [1.54, 1.807) is 18.2 Å². The van der Waals surface area contributed by atoms with E-state index in [-0.39, 0.29) is 6.61 Å². The van der Waals surface area contributed by atoms with Gasteiger partial charge in [-0.25, -0.2) is 4.79 Å². The van der Waals surface area contributed by atoms with Crippen LogP contribution in [0.3, 0.4) is 0 Å². The van der Waals surface area contributed by atoms with Crippen molar-refractivity contribution in [3.05, 3.63) is 59.2 Å². The largest absolute Gasteiger partial charge is 0.495 e. The maximum absolute atomic E-state index is 12.1. The molecule has 0 bridgehead atoms. The van der Waals surface area contributed by atoms with Crippen molar-refractivity contribution in [2.45, 2.75) is 13.5 Å². The van der Waals surface area contributed by atoms with Gasteiger partial charge in [-0.3, -0.25) is 0 Å². The maximum atomic E-state index is 12.1. The first-order valence-electron chi connectivity index (χ1n) is 6.27. The number of methoxy groups -OCH3 is 1. The lowest BCUT2D eigenvalue weighted by Gasteiger charge is -2.10. The van der Waals surface area contributed by atoms with Crippen LogP contribution >= 0.6 is 0 Å². The van der Waals surface area contributed by atoms with E-state index in [2.05, 4.69) is 0 Å². The number of nitrogens with two attached hydrogens (primary N) is 1. The Morgan fingerprint density at radius 3 is 2.60 bits per heavy atom. The summed E-state index contributed by atoms with van der Waals surface area (Å²) < 4.78 is 10.4. The molecule has 20 heavy (non-hydrogen) atoms. The molecule has 0 aromatic heterocycles. The topological polar surface area (TPSA) is 61.5 Å². The first-order valence-corrected chi connectivity index (χ1v) is 6.27. The predicted molar refractivity (Wildman–Crippen MR) is 77.7 cm³/mol. The molecule has 0 aliphatic rings. The number of hydrogen-bond donors (Lipinski definition) is 1. The van der Waals surface area contributed by atoms with Gasteiger partial charge in [0.2, 0.25) is 0 Å². The molecule has 104 valence electrons. The first kappa shape index (κ1) is 13.9. The Bertz CT molecular complexity index is 623. The highest BCUT2D eigenvalue weighted by Crippen LogP contribution is 2.25. The van der Waals surface area contributed by atoms with E-state index in [0.717, 1.165) is 11.1 Å². The molecular weight excluding hydrogens is 254 g/mol. The number of aryl methyl sites for hydroxylation is 1. The molecule has 0 unspecified atom stereocenters. The summed E-state index contributed by atoms with van der Waals surface area (Å²) in [6, 6.07) is 12.8. The first-order chi connectivity index (χ1) is 9.63. The normalized spacial score (nSPS) is 10.1. The lowest BCUT2D eigenvalue weighted by molar-refractivity contribution is 0.0473. The Morgan fingerprint density at radius 1 is 1.15 bits per heavy atom. The highest BCUT2D eigenvalue weighted by molar-refractivity contribution is 5.96. The predicted octanol–water partition coefficient (Wildman–Crippen LogP) is 2.94. The van der Waals surface area contributed by atoms with E-state index < -0.39 is 5.97 Å². The third-order valence-corrected chi connectivity index (χ3v) is 3.13. The Labute approximate surface area is 118 Å². The Morgan fingerprint density at radius 2 is 1.90 bits per heavy atom. The number of para-hydroxylation sites is 1. The molecule has 2 N–H and O–H groups in total. The smallest absolute Gasteiger partial charge is 0.340 e. The van der Waals surface area contributed by atoms with Crippen molar-refractivity contribution in [1.82, 2.24) is 0 Å². The van der Waals surface area contributed by atoms with Gasteiger partial charge in [-0.2, -0.15) is 0 Å². The van der Waals surface area contributed by atoms with Crippen LogP contribution in [0.25, 0.3) is 0 Å². The maximum Gasteiger partial charge on any atom is 0.340 e. The van der Waals surface area contributed by atoms with Crippen LogP contribution in [0.1, 0.15) is 21.5 Å². The molecule has 4 heteroatoms. The summed E-state index contributed by atoms with van der Waals surface area (Å²) >= 11 is 0. The van der Waals surface area contributed by atoms with E-state index in [1.807, 2.05) is 31.2 Å². The molecule has 2 rings (SSSR count). The fraction of sp³-hybridized carbons (Fsp3) is 0.188. The Kier molecular flexibility index (Phi) is 4.25. The third kappa shape index (κ3) is 2.91. The molecule has 0 saturated carbocycles. The zero-order chi connectivity index (χ0) is 14.5. The minimum absolute atomic E-state index is 0.224. The highest BCUT2D eigenvalue weighted by atomic mass is 16.5. The summed E-state index contributed by atoms with van der Waals surface area (Å²) in [5.74, 6) is 0.0139. The Balaban J connectivity index is 2.12. The van der Waals surface area contributed by atoms with Gasteiger partial charge in [0.05, 0.1) is 18.4 Å². The number of rotatable bonds is 4. The molecule has 0 aliphatic carbocycles.